The Morgan fingerprint density at radius 3 is 2.54 bits per heavy atom. The molecule has 2 saturated carbocycles. The number of hydrogen-bond donors (Lipinski definition) is 0. The van der Waals surface area contributed by atoms with Gasteiger partial charge in [0.25, 0.3) is 0 Å². The summed E-state index contributed by atoms with van der Waals surface area (Å²) in [5.74, 6) is 2.11. The third kappa shape index (κ3) is 2.86. The summed E-state index contributed by atoms with van der Waals surface area (Å²) in [4.78, 5) is 0. The van der Waals surface area contributed by atoms with Crippen LogP contribution in [-0.2, 0) is 6.42 Å². The van der Waals surface area contributed by atoms with E-state index in [1.807, 2.05) is 6.07 Å². The summed E-state index contributed by atoms with van der Waals surface area (Å²) in [7, 11) is 0. The van der Waals surface area contributed by atoms with Crippen LogP contribution in [0.3, 0.4) is 0 Å². The third-order valence-electron chi connectivity index (χ3n) is 7.97. The van der Waals surface area contributed by atoms with E-state index in [-0.39, 0.29) is 11.3 Å². The van der Waals surface area contributed by atoms with Crippen LogP contribution < -0.4 is 4.74 Å². The number of benzene rings is 2. The van der Waals surface area contributed by atoms with Gasteiger partial charge in [0, 0.05) is 17.7 Å². The average Bonchev–Trinajstić information content (AvgIpc) is 3.07. The van der Waals surface area contributed by atoms with E-state index in [1.165, 1.54) is 68.7 Å². The van der Waals surface area contributed by atoms with Crippen LogP contribution in [0.25, 0.3) is 0 Å². The van der Waals surface area contributed by atoms with Crippen molar-refractivity contribution in [1.82, 2.24) is 0 Å². The van der Waals surface area contributed by atoms with E-state index < -0.39 is 11.6 Å². The second-order valence-corrected chi connectivity index (χ2v) is 9.48. The lowest BCUT2D eigenvalue weighted by Gasteiger charge is -2.49. The van der Waals surface area contributed by atoms with Gasteiger partial charge >= 0.3 is 0 Å². The molecule has 0 aromatic heterocycles. The molecule has 148 valence electrons. The Bertz CT molecular complexity index is 898. The van der Waals surface area contributed by atoms with Crippen molar-refractivity contribution >= 4 is 0 Å². The van der Waals surface area contributed by atoms with Crippen molar-refractivity contribution in [3.05, 3.63) is 58.7 Å². The molecule has 0 saturated heterocycles. The quantitative estimate of drug-likeness (QED) is 0.529. The van der Waals surface area contributed by atoms with E-state index in [9.17, 15) is 8.78 Å². The molecule has 4 atom stereocenters. The van der Waals surface area contributed by atoms with Crippen LogP contribution in [0, 0.1) is 35.8 Å². The van der Waals surface area contributed by atoms with Gasteiger partial charge in [-0.1, -0.05) is 19.4 Å². The molecular formula is C25H28F2O. The molecule has 1 nitrogen and oxygen atoms in total. The molecule has 0 bridgehead atoms. The Hall–Kier alpha value is -1.90. The number of rotatable bonds is 2. The molecule has 0 spiro atoms. The van der Waals surface area contributed by atoms with Gasteiger partial charge in [0.15, 0.2) is 0 Å². The van der Waals surface area contributed by atoms with E-state index >= 15 is 0 Å². The number of fused-ring (bicyclic) bond motifs is 5. The molecule has 0 radical (unpaired) electrons. The van der Waals surface area contributed by atoms with Crippen molar-refractivity contribution in [3.8, 4) is 11.5 Å². The van der Waals surface area contributed by atoms with Gasteiger partial charge in [-0.25, -0.2) is 8.78 Å². The molecule has 28 heavy (non-hydrogen) atoms. The van der Waals surface area contributed by atoms with Crippen molar-refractivity contribution in [1.29, 1.82) is 0 Å². The van der Waals surface area contributed by atoms with Crippen LogP contribution in [0.1, 0.15) is 68.1 Å². The monoisotopic (exact) mass is 382 g/mol. The molecule has 5 rings (SSSR count). The molecular weight excluding hydrogens is 354 g/mol. The topological polar surface area (TPSA) is 9.23 Å². The Labute approximate surface area is 166 Å². The zero-order valence-electron chi connectivity index (χ0n) is 16.7. The van der Waals surface area contributed by atoms with Crippen LogP contribution in [0.4, 0.5) is 8.78 Å². The van der Waals surface area contributed by atoms with Crippen LogP contribution >= 0.6 is 0 Å². The van der Waals surface area contributed by atoms with E-state index in [4.69, 9.17) is 4.74 Å². The normalized spacial score (nSPS) is 31.1. The highest BCUT2D eigenvalue weighted by atomic mass is 19.1. The average molecular weight is 382 g/mol. The second-order valence-electron chi connectivity index (χ2n) is 9.48. The summed E-state index contributed by atoms with van der Waals surface area (Å²) < 4.78 is 33.4. The van der Waals surface area contributed by atoms with Crippen LogP contribution in [0.2, 0.25) is 0 Å². The fraction of sp³-hybridized carbons (Fsp3) is 0.520. The fourth-order valence-electron chi connectivity index (χ4n) is 6.43. The molecule has 2 fully saturated rings. The summed E-state index contributed by atoms with van der Waals surface area (Å²) in [6.45, 7) is 3.95. The second kappa shape index (κ2) is 6.57. The lowest BCUT2D eigenvalue weighted by Crippen LogP contribution is -2.39. The molecule has 3 unspecified atom stereocenters. The summed E-state index contributed by atoms with van der Waals surface area (Å²) in [6, 6.07) is 8.79. The summed E-state index contributed by atoms with van der Waals surface area (Å²) in [5, 5.41) is 0. The van der Waals surface area contributed by atoms with Crippen LogP contribution in [-0.4, -0.2) is 0 Å². The highest BCUT2D eigenvalue weighted by Crippen LogP contribution is 2.60. The minimum atomic E-state index is -0.572. The maximum atomic E-state index is 13.8. The summed E-state index contributed by atoms with van der Waals surface area (Å²) in [5.41, 5.74) is 3.44. The number of halogens is 2. The molecule has 0 amide bonds. The predicted molar refractivity (Wildman–Crippen MR) is 107 cm³/mol. The molecule has 3 heteroatoms. The maximum absolute atomic E-state index is 13.8. The Kier molecular flexibility index (Phi) is 4.26. The van der Waals surface area contributed by atoms with Gasteiger partial charge in [0.1, 0.15) is 23.1 Å². The van der Waals surface area contributed by atoms with Crippen molar-refractivity contribution < 1.29 is 13.5 Å². The van der Waals surface area contributed by atoms with E-state index in [0.29, 0.717) is 17.1 Å². The number of hydrogen-bond acceptors (Lipinski definition) is 1. The van der Waals surface area contributed by atoms with E-state index in [2.05, 4.69) is 19.1 Å². The van der Waals surface area contributed by atoms with E-state index in [0.717, 1.165) is 18.3 Å². The molecule has 2 aromatic rings. The molecule has 0 heterocycles. The van der Waals surface area contributed by atoms with E-state index in [1.54, 1.807) is 0 Å². The Morgan fingerprint density at radius 1 is 0.964 bits per heavy atom. The molecule has 3 aliphatic rings. The molecule has 2 aromatic carbocycles. The smallest absolute Gasteiger partial charge is 0.133 e. The highest BCUT2D eigenvalue weighted by molar-refractivity contribution is 5.43. The standard InChI is InChI=1S/C25H28F2O/c1-15-23(26)13-18(14-24(15)27)28-17-6-8-19-16(12-17)5-7-21-20(19)9-11-25(2)10-3-4-22(21)25/h6,8,12-14,20-22H,3-5,7,9-11H2,1-2H3/t20?,21?,22?,25-/m0/s1. The van der Waals surface area contributed by atoms with Crippen molar-refractivity contribution in [3.63, 3.8) is 0 Å². The van der Waals surface area contributed by atoms with Crippen LogP contribution in [0.15, 0.2) is 30.3 Å². The Morgan fingerprint density at radius 2 is 1.75 bits per heavy atom. The van der Waals surface area contributed by atoms with Gasteiger partial charge in [0.2, 0.25) is 0 Å². The van der Waals surface area contributed by atoms with Gasteiger partial charge in [-0.3, -0.25) is 0 Å². The molecule has 0 aliphatic heterocycles. The summed E-state index contributed by atoms with van der Waals surface area (Å²) >= 11 is 0. The van der Waals surface area contributed by atoms with Gasteiger partial charge in [0.05, 0.1) is 0 Å². The number of ether oxygens (including phenoxy) is 1. The highest BCUT2D eigenvalue weighted by Gasteiger charge is 2.50. The minimum Gasteiger partial charge on any atom is -0.457 e. The first-order valence-corrected chi connectivity index (χ1v) is 10.7. The first-order chi connectivity index (χ1) is 13.4. The SMILES string of the molecule is Cc1c(F)cc(Oc2ccc3c(c2)CCC2C3CC[C@]3(C)CCCC23)cc1F. The minimum absolute atomic E-state index is 0.0278. The summed E-state index contributed by atoms with van der Waals surface area (Å²) in [6.07, 6.45) is 9.18. The number of aryl methyl sites for hydroxylation is 1. The molecule has 3 aliphatic carbocycles. The predicted octanol–water partition coefficient (Wildman–Crippen LogP) is 7.31. The first kappa shape index (κ1) is 18.1. The van der Waals surface area contributed by atoms with Gasteiger partial charge in [-0.15, -0.1) is 0 Å². The Balaban J connectivity index is 1.40. The largest absolute Gasteiger partial charge is 0.457 e. The van der Waals surface area contributed by atoms with Crippen molar-refractivity contribution in [2.75, 3.05) is 0 Å². The fourth-order valence-corrected chi connectivity index (χ4v) is 6.43. The van der Waals surface area contributed by atoms with Gasteiger partial charge < -0.3 is 4.74 Å². The first-order valence-electron chi connectivity index (χ1n) is 10.7. The van der Waals surface area contributed by atoms with Gasteiger partial charge in [-0.2, -0.15) is 0 Å². The zero-order valence-corrected chi connectivity index (χ0v) is 16.7. The maximum Gasteiger partial charge on any atom is 0.133 e. The van der Waals surface area contributed by atoms with Gasteiger partial charge in [-0.05, 0) is 91.9 Å². The van der Waals surface area contributed by atoms with Crippen LogP contribution in [0.5, 0.6) is 11.5 Å². The zero-order chi connectivity index (χ0) is 19.5. The lowest BCUT2D eigenvalue weighted by atomic mass is 9.56. The molecule has 0 N–H and O–H groups in total. The van der Waals surface area contributed by atoms with Crippen molar-refractivity contribution in [2.24, 2.45) is 17.3 Å². The third-order valence-corrected chi connectivity index (χ3v) is 7.97. The van der Waals surface area contributed by atoms with Crippen molar-refractivity contribution in [2.45, 2.75) is 64.7 Å². The lowest BCUT2D eigenvalue weighted by molar-refractivity contribution is 0.0598.